The molecule has 23 heavy (non-hydrogen) atoms. The number of alkyl halides is 3. The van der Waals surface area contributed by atoms with Crippen molar-refractivity contribution in [2.45, 2.75) is 6.36 Å². The highest BCUT2D eigenvalue weighted by atomic mass is 79.9. The van der Waals surface area contributed by atoms with Crippen LogP contribution in [-0.4, -0.2) is 32.6 Å². The number of H-pyrrole nitrogens is 1. The summed E-state index contributed by atoms with van der Waals surface area (Å²) in [5, 5.41) is 20.2. The predicted octanol–water partition coefficient (Wildman–Crippen LogP) is 2.14. The van der Waals surface area contributed by atoms with Gasteiger partial charge in [0, 0.05) is 11.6 Å². The second-order valence-corrected chi connectivity index (χ2v) is 4.85. The van der Waals surface area contributed by atoms with E-state index in [1.54, 1.807) is 0 Å². The minimum Gasteiger partial charge on any atom is -0.397 e. The van der Waals surface area contributed by atoms with Gasteiger partial charge in [-0.3, -0.25) is 14.9 Å². The Labute approximate surface area is 132 Å². The normalized spacial score (nSPS) is 11.3. The van der Waals surface area contributed by atoms with Crippen LogP contribution in [0.25, 0.3) is 11.3 Å². The zero-order valence-corrected chi connectivity index (χ0v) is 12.3. The van der Waals surface area contributed by atoms with Gasteiger partial charge in [0.15, 0.2) is 5.69 Å². The Balaban J connectivity index is 2.63. The average molecular weight is 396 g/mol. The van der Waals surface area contributed by atoms with Crippen LogP contribution in [0.2, 0.25) is 0 Å². The van der Waals surface area contributed by atoms with E-state index in [0.29, 0.717) is 0 Å². The Bertz CT molecular complexity index is 791. The molecule has 9 nitrogen and oxygen atoms in total. The third-order valence-corrected chi connectivity index (χ3v) is 3.08. The van der Waals surface area contributed by atoms with Crippen LogP contribution >= 0.6 is 15.9 Å². The number of amides is 1. The number of hydrogen-bond donors (Lipinski definition) is 2. The summed E-state index contributed by atoms with van der Waals surface area (Å²) in [4.78, 5) is 21.1. The summed E-state index contributed by atoms with van der Waals surface area (Å²) in [6.07, 6.45) is -5.12. The number of rotatable bonds is 4. The number of nitro benzene ring substituents is 1. The summed E-state index contributed by atoms with van der Waals surface area (Å²) in [5.74, 6) is -2.00. The minimum absolute atomic E-state index is 0.0550. The number of carbonyl (C=O) groups excluding carboxylic acids is 1. The third-order valence-electron chi connectivity index (χ3n) is 2.49. The number of carbonyl (C=O) groups is 1. The van der Waals surface area contributed by atoms with E-state index in [1.165, 1.54) is 0 Å². The Morgan fingerprint density at radius 1 is 1.39 bits per heavy atom. The van der Waals surface area contributed by atoms with Gasteiger partial charge in [-0.2, -0.15) is 15.4 Å². The van der Waals surface area contributed by atoms with Crippen LogP contribution in [0.4, 0.5) is 18.9 Å². The number of ether oxygens (including phenoxy) is 1. The number of hydrogen-bond acceptors (Lipinski definition) is 6. The molecule has 0 spiro atoms. The van der Waals surface area contributed by atoms with Gasteiger partial charge >= 0.3 is 12.0 Å². The molecule has 1 amide bonds. The van der Waals surface area contributed by atoms with Gasteiger partial charge in [0.2, 0.25) is 5.75 Å². The second kappa shape index (κ2) is 5.83. The van der Waals surface area contributed by atoms with E-state index in [-0.39, 0.29) is 21.4 Å². The molecule has 122 valence electrons. The van der Waals surface area contributed by atoms with Crippen molar-refractivity contribution in [2.24, 2.45) is 5.73 Å². The maximum absolute atomic E-state index is 12.4. The van der Waals surface area contributed by atoms with Gasteiger partial charge in [-0.05, 0) is 22.0 Å². The lowest BCUT2D eigenvalue weighted by Gasteiger charge is -2.11. The maximum atomic E-state index is 12.4. The Morgan fingerprint density at radius 3 is 2.57 bits per heavy atom. The summed E-state index contributed by atoms with van der Waals surface area (Å²) in [7, 11) is 0. The molecule has 0 fully saturated rings. The van der Waals surface area contributed by atoms with Crippen molar-refractivity contribution in [3.8, 4) is 17.0 Å². The highest BCUT2D eigenvalue weighted by Gasteiger charge is 2.36. The summed E-state index contributed by atoms with van der Waals surface area (Å²) in [5.41, 5.74) is 3.55. The second-order valence-electron chi connectivity index (χ2n) is 4.00. The van der Waals surface area contributed by atoms with Crippen molar-refractivity contribution in [1.29, 1.82) is 0 Å². The number of benzene rings is 1. The van der Waals surface area contributed by atoms with Crippen molar-refractivity contribution in [2.75, 3.05) is 0 Å². The van der Waals surface area contributed by atoms with Crippen molar-refractivity contribution in [1.82, 2.24) is 15.4 Å². The summed E-state index contributed by atoms with van der Waals surface area (Å²) in [6, 6.07) is 1.81. The molecular weight excluding hydrogens is 391 g/mol. The molecule has 13 heteroatoms. The molecule has 0 bridgehead atoms. The lowest BCUT2D eigenvalue weighted by atomic mass is 10.1. The first-order chi connectivity index (χ1) is 10.6. The van der Waals surface area contributed by atoms with E-state index in [4.69, 9.17) is 5.73 Å². The van der Waals surface area contributed by atoms with Crippen LogP contribution < -0.4 is 10.5 Å². The highest BCUT2D eigenvalue weighted by Crippen LogP contribution is 2.41. The molecule has 1 aromatic heterocycles. The summed E-state index contributed by atoms with van der Waals surface area (Å²) < 4.78 is 40.4. The minimum atomic E-state index is -5.12. The highest BCUT2D eigenvalue weighted by molar-refractivity contribution is 9.10. The maximum Gasteiger partial charge on any atom is 0.573 e. The molecular formula is C10H5BrF3N5O4. The fourth-order valence-corrected chi connectivity index (χ4v) is 2.20. The van der Waals surface area contributed by atoms with Crippen molar-refractivity contribution < 1.29 is 27.6 Å². The van der Waals surface area contributed by atoms with Crippen molar-refractivity contribution >= 4 is 27.5 Å². The lowest BCUT2D eigenvalue weighted by Crippen LogP contribution is -2.18. The zero-order valence-electron chi connectivity index (χ0n) is 10.7. The average Bonchev–Trinajstić information content (AvgIpc) is 2.88. The van der Waals surface area contributed by atoms with Gasteiger partial charge in [0.25, 0.3) is 5.91 Å². The molecule has 0 aliphatic heterocycles. The number of halogens is 4. The van der Waals surface area contributed by atoms with Gasteiger partial charge in [-0.25, -0.2) is 0 Å². The number of aromatic nitrogens is 3. The molecule has 0 saturated heterocycles. The van der Waals surface area contributed by atoms with E-state index < -0.39 is 28.6 Å². The monoisotopic (exact) mass is 395 g/mol. The first-order valence-corrected chi connectivity index (χ1v) is 6.34. The number of aromatic amines is 1. The third kappa shape index (κ3) is 3.56. The molecule has 3 N–H and O–H groups in total. The van der Waals surface area contributed by atoms with Crippen LogP contribution in [0.3, 0.4) is 0 Å². The van der Waals surface area contributed by atoms with Crippen LogP contribution in [0.5, 0.6) is 5.75 Å². The van der Waals surface area contributed by atoms with Crippen molar-refractivity contribution in [3.05, 3.63) is 32.4 Å². The molecule has 0 radical (unpaired) electrons. The fourth-order valence-electron chi connectivity index (χ4n) is 1.67. The number of nitro groups is 1. The molecule has 1 aromatic carbocycles. The molecule has 0 aliphatic carbocycles. The van der Waals surface area contributed by atoms with Gasteiger partial charge < -0.3 is 10.5 Å². The van der Waals surface area contributed by atoms with Gasteiger partial charge in [-0.15, -0.1) is 13.2 Å². The molecule has 0 aliphatic rings. The molecule has 0 atom stereocenters. The quantitative estimate of drug-likeness (QED) is 0.600. The zero-order chi connectivity index (χ0) is 17.4. The Hall–Kier alpha value is -2.70. The van der Waals surface area contributed by atoms with E-state index >= 15 is 0 Å². The van der Waals surface area contributed by atoms with Gasteiger partial charge in [0.1, 0.15) is 5.69 Å². The SMILES string of the molecule is NC(=O)c1n[nH]nc1-c1cc(Br)c(OC(F)(F)F)c([N+](=O)[O-])c1. The smallest absolute Gasteiger partial charge is 0.397 e. The summed E-state index contributed by atoms with van der Waals surface area (Å²) in [6.45, 7) is 0. The largest absolute Gasteiger partial charge is 0.573 e. The van der Waals surface area contributed by atoms with Gasteiger partial charge in [0.05, 0.1) is 9.40 Å². The van der Waals surface area contributed by atoms with Crippen LogP contribution in [0.1, 0.15) is 10.5 Å². The van der Waals surface area contributed by atoms with Crippen LogP contribution in [0.15, 0.2) is 16.6 Å². The Morgan fingerprint density at radius 2 is 2.04 bits per heavy atom. The molecule has 1 heterocycles. The number of nitrogens with one attached hydrogen (secondary N) is 1. The number of nitrogens with two attached hydrogens (primary N) is 1. The first kappa shape index (κ1) is 16.7. The molecule has 0 unspecified atom stereocenters. The van der Waals surface area contributed by atoms with Crippen LogP contribution in [-0.2, 0) is 0 Å². The predicted molar refractivity (Wildman–Crippen MR) is 71.4 cm³/mol. The van der Waals surface area contributed by atoms with E-state index in [0.717, 1.165) is 12.1 Å². The topological polar surface area (TPSA) is 137 Å². The molecule has 2 rings (SSSR count). The number of primary amides is 1. The standard InChI is InChI=1S/C10H5BrF3N5O4/c11-4-1-3(6-7(9(15)20)17-18-16-6)2-5(19(21)22)8(4)23-10(12,13)14/h1-2H,(H2,15,20)(H,16,17,18). The van der Waals surface area contributed by atoms with Crippen LogP contribution in [0, 0.1) is 10.1 Å². The summed E-state index contributed by atoms with van der Waals surface area (Å²) >= 11 is 2.76. The fraction of sp³-hybridized carbons (Fsp3) is 0.100. The number of nitrogens with zero attached hydrogens (tertiary/aromatic N) is 3. The van der Waals surface area contributed by atoms with Gasteiger partial charge in [-0.1, -0.05) is 0 Å². The lowest BCUT2D eigenvalue weighted by molar-refractivity contribution is -0.388. The van der Waals surface area contributed by atoms with E-state index in [9.17, 15) is 28.1 Å². The molecule has 2 aromatic rings. The van der Waals surface area contributed by atoms with E-state index in [2.05, 4.69) is 36.1 Å². The van der Waals surface area contributed by atoms with E-state index in [1.807, 2.05) is 0 Å². The molecule has 0 saturated carbocycles. The first-order valence-electron chi connectivity index (χ1n) is 5.54. The Kier molecular flexibility index (Phi) is 4.22. The van der Waals surface area contributed by atoms with Crippen molar-refractivity contribution in [3.63, 3.8) is 0 Å².